The Kier molecular flexibility index (Phi) is 9.30. The number of carbonyl (C=O) groups excluding carboxylic acids is 3. The zero-order chi connectivity index (χ0) is 26.9. The Morgan fingerprint density at radius 3 is 2.26 bits per heavy atom. The summed E-state index contributed by atoms with van der Waals surface area (Å²) in [7, 11) is 0. The minimum absolute atomic E-state index is 0.0176. The molecule has 0 aromatic heterocycles. The maximum Gasteiger partial charge on any atom is 0.272 e. The van der Waals surface area contributed by atoms with E-state index in [1.165, 1.54) is 11.8 Å². The number of aryl methyl sites for hydroxylation is 1. The Labute approximate surface area is 234 Å². The third-order valence-corrected chi connectivity index (χ3v) is 7.17. The van der Waals surface area contributed by atoms with Crippen LogP contribution in [0.4, 0.5) is 5.69 Å². The molecule has 0 saturated heterocycles. The summed E-state index contributed by atoms with van der Waals surface area (Å²) in [5.74, 6) is -0.545. The molecule has 0 radical (unpaired) electrons. The summed E-state index contributed by atoms with van der Waals surface area (Å²) in [5.41, 5.74) is 3.56. The van der Waals surface area contributed by atoms with Crippen LogP contribution in [0.3, 0.4) is 0 Å². The van der Waals surface area contributed by atoms with Crippen LogP contribution in [0.2, 0.25) is 0 Å². The van der Waals surface area contributed by atoms with Gasteiger partial charge in [-0.05, 0) is 66.6 Å². The van der Waals surface area contributed by atoms with Gasteiger partial charge in [-0.3, -0.25) is 14.4 Å². The lowest BCUT2D eigenvalue weighted by molar-refractivity contribution is -0.113. The van der Waals surface area contributed by atoms with Crippen molar-refractivity contribution in [2.24, 2.45) is 0 Å². The number of anilines is 1. The van der Waals surface area contributed by atoms with Gasteiger partial charge in [-0.15, -0.1) is 11.8 Å². The maximum atomic E-state index is 13.3. The Balaban J connectivity index is 1.49. The number of hydrogen-bond acceptors (Lipinski definition) is 4. The first kappa shape index (κ1) is 27.1. The molecule has 0 saturated carbocycles. The smallest absolute Gasteiger partial charge is 0.272 e. The van der Waals surface area contributed by atoms with Gasteiger partial charge in [0.15, 0.2) is 5.78 Å². The van der Waals surface area contributed by atoms with E-state index in [4.69, 9.17) is 0 Å². The fraction of sp³-hybridized carbons (Fsp3) is 0.0645. The Morgan fingerprint density at radius 2 is 1.53 bits per heavy atom. The highest BCUT2D eigenvalue weighted by Crippen LogP contribution is 2.24. The zero-order valence-electron chi connectivity index (χ0n) is 20.6. The molecule has 38 heavy (non-hydrogen) atoms. The molecule has 4 rings (SSSR count). The first-order valence-corrected chi connectivity index (χ1v) is 13.6. The summed E-state index contributed by atoms with van der Waals surface area (Å²) in [6.45, 7) is 1.94. The van der Waals surface area contributed by atoms with Crippen LogP contribution in [0.1, 0.15) is 31.8 Å². The van der Waals surface area contributed by atoms with E-state index >= 15 is 0 Å². The summed E-state index contributed by atoms with van der Waals surface area (Å²) < 4.78 is 0.918. The molecule has 0 aliphatic rings. The van der Waals surface area contributed by atoms with Crippen molar-refractivity contribution < 1.29 is 14.4 Å². The third-order valence-electron chi connectivity index (χ3n) is 5.65. The molecule has 4 aromatic rings. The fourth-order valence-corrected chi connectivity index (χ4v) is 4.69. The van der Waals surface area contributed by atoms with Gasteiger partial charge in [0.05, 0.1) is 5.75 Å². The van der Waals surface area contributed by atoms with Gasteiger partial charge < -0.3 is 10.6 Å². The summed E-state index contributed by atoms with van der Waals surface area (Å²) >= 11 is 4.77. The summed E-state index contributed by atoms with van der Waals surface area (Å²) in [5, 5.41) is 5.64. The number of amides is 2. The highest BCUT2D eigenvalue weighted by atomic mass is 79.9. The number of thioether (sulfide) groups is 1. The topological polar surface area (TPSA) is 75.3 Å². The van der Waals surface area contributed by atoms with Gasteiger partial charge in [-0.25, -0.2) is 0 Å². The zero-order valence-corrected chi connectivity index (χ0v) is 23.0. The molecule has 0 spiro atoms. The molecule has 0 fully saturated rings. The van der Waals surface area contributed by atoms with E-state index in [0.717, 1.165) is 20.5 Å². The SMILES string of the molecule is Cc1ccccc1/C=C(\NC(=O)c1ccccc1)C(=O)Nc1cccc(SCC(=O)c2ccc(Br)cc2)c1. The molecule has 5 nitrogen and oxygen atoms in total. The van der Waals surface area contributed by atoms with Gasteiger partial charge >= 0.3 is 0 Å². The van der Waals surface area contributed by atoms with Crippen molar-refractivity contribution in [3.63, 3.8) is 0 Å². The van der Waals surface area contributed by atoms with E-state index in [1.807, 2.05) is 67.6 Å². The maximum absolute atomic E-state index is 13.3. The average Bonchev–Trinajstić information content (AvgIpc) is 2.93. The minimum Gasteiger partial charge on any atom is -0.321 e. The molecular formula is C31H25BrN2O3S. The Hall–Kier alpha value is -3.94. The number of rotatable bonds is 9. The van der Waals surface area contributed by atoms with Crippen LogP contribution in [0.5, 0.6) is 0 Å². The van der Waals surface area contributed by atoms with Gasteiger partial charge in [0.2, 0.25) is 0 Å². The highest BCUT2D eigenvalue weighted by Gasteiger charge is 2.16. The second kappa shape index (κ2) is 13.0. The number of carbonyl (C=O) groups is 3. The fourth-order valence-electron chi connectivity index (χ4n) is 3.58. The number of halogens is 1. The van der Waals surface area contributed by atoms with Crippen molar-refractivity contribution in [3.05, 3.63) is 136 Å². The van der Waals surface area contributed by atoms with Crippen molar-refractivity contribution in [1.82, 2.24) is 5.32 Å². The number of benzene rings is 4. The minimum atomic E-state index is -0.453. The molecular weight excluding hydrogens is 560 g/mol. The van der Waals surface area contributed by atoms with E-state index in [0.29, 0.717) is 16.8 Å². The standard InChI is InChI=1S/C31H25BrN2O3S/c1-21-8-5-6-11-24(21)18-28(34-30(36)23-9-3-2-4-10-23)31(37)33-26-12-7-13-27(19-26)38-20-29(35)22-14-16-25(32)17-15-22/h2-19H,20H2,1H3,(H,33,37)(H,34,36)/b28-18-. The molecule has 0 bridgehead atoms. The first-order chi connectivity index (χ1) is 18.4. The molecule has 0 aliphatic heterocycles. The van der Waals surface area contributed by atoms with Crippen molar-refractivity contribution in [2.45, 2.75) is 11.8 Å². The quantitative estimate of drug-likeness (QED) is 0.124. The Bertz CT molecular complexity index is 1480. The molecule has 0 unspecified atom stereocenters. The average molecular weight is 586 g/mol. The van der Waals surface area contributed by atoms with Gasteiger partial charge in [0.1, 0.15) is 5.70 Å². The third kappa shape index (κ3) is 7.54. The van der Waals surface area contributed by atoms with Gasteiger partial charge in [0, 0.05) is 26.2 Å². The van der Waals surface area contributed by atoms with Gasteiger partial charge in [0.25, 0.3) is 11.8 Å². The van der Waals surface area contributed by atoms with Crippen LogP contribution in [-0.2, 0) is 4.79 Å². The predicted molar refractivity (Wildman–Crippen MR) is 157 cm³/mol. The number of nitrogens with one attached hydrogen (secondary N) is 2. The summed E-state index contributed by atoms with van der Waals surface area (Å²) in [6.07, 6.45) is 1.67. The lowest BCUT2D eigenvalue weighted by Crippen LogP contribution is -2.30. The second-order valence-electron chi connectivity index (χ2n) is 8.44. The van der Waals surface area contributed by atoms with Gasteiger partial charge in [-0.1, -0.05) is 76.6 Å². The number of ketones is 1. The normalized spacial score (nSPS) is 11.1. The van der Waals surface area contributed by atoms with Crippen LogP contribution < -0.4 is 10.6 Å². The van der Waals surface area contributed by atoms with Gasteiger partial charge in [-0.2, -0.15) is 0 Å². The van der Waals surface area contributed by atoms with Crippen LogP contribution in [0.25, 0.3) is 6.08 Å². The largest absolute Gasteiger partial charge is 0.321 e. The molecule has 0 atom stereocenters. The van der Waals surface area contributed by atoms with Crippen LogP contribution in [-0.4, -0.2) is 23.4 Å². The first-order valence-electron chi connectivity index (χ1n) is 11.9. The lowest BCUT2D eigenvalue weighted by atomic mass is 10.1. The molecule has 7 heteroatoms. The second-order valence-corrected chi connectivity index (χ2v) is 10.4. The van der Waals surface area contributed by atoms with E-state index in [1.54, 1.807) is 48.5 Å². The highest BCUT2D eigenvalue weighted by molar-refractivity contribution is 9.10. The summed E-state index contributed by atoms with van der Waals surface area (Å²) in [6, 6.07) is 30.9. The van der Waals surface area contributed by atoms with Crippen LogP contribution in [0.15, 0.2) is 118 Å². The molecule has 2 N–H and O–H groups in total. The lowest BCUT2D eigenvalue weighted by Gasteiger charge is -2.13. The molecule has 190 valence electrons. The van der Waals surface area contributed by atoms with Crippen LogP contribution in [0, 0.1) is 6.92 Å². The van der Waals surface area contributed by atoms with Crippen molar-refractivity contribution in [2.75, 3.05) is 11.1 Å². The molecule has 2 amide bonds. The van der Waals surface area contributed by atoms with Crippen molar-refractivity contribution in [1.29, 1.82) is 0 Å². The monoisotopic (exact) mass is 584 g/mol. The van der Waals surface area contributed by atoms with Crippen LogP contribution >= 0.6 is 27.7 Å². The number of hydrogen-bond donors (Lipinski definition) is 2. The van der Waals surface area contributed by atoms with E-state index < -0.39 is 5.91 Å². The molecule has 4 aromatic carbocycles. The molecule has 0 aliphatic carbocycles. The van der Waals surface area contributed by atoms with Crippen molar-refractivity contribution >= 4 is 57.1 Å². The van der Waals surface area contributed by atoms with Crippen molar-refractivity contribution in [3.8, 4) is 0 Å². The van der Waals surface area contributed by atoms with E-state index in [9.17, 15) is 14.4 Å². The summed E-state index contributed by atoms with van der Waals surface area (Å²) in [4.78, 5) is 39.6. The predicted octanol–water partition coefficient (Wildman–Crippen LogP) is 7.14. The Morgan fingerprint density at radius 1 is 0.816 bits per heavy atom. The van der Waals surface area contributed by atoms with E-state index in [2.05, 4.69) is 26.6 Å². The number of Topliss-reactive ketones (excluding diaryl/α,β-unsaturated/α-hetero) is 1. The molecule has 0 heterocycles. The van der Waals surface area contributed by atoms with E-state index in [-0.39, 0.29) is 23.1 Å².